The molecule has 2 N–H and O–H groups in total. The number of carbonyl (C=O) groups is 1. The van der Waals surface area contributed by atoms with Gasteiger partial charge in [-0.05, 0) is 24.3 Å². The van der Waals surface area contributed by atoms with Crippen molar-refractivity contribution in [3.8, 4) is 11.5 Å². The molecule has 0 saturated carbocycles. The topological polar surface area (TPSA) is 76.0 Å². The van der Waals surface area contributed by atoms with E-state index in [1.165, 1.54) is 14.2 Å². The maximum atomic E-state index is 10.5. The van der Waals surface area contributed by atoms with E-state index in [1.54, 1.807) is 18.2 Å². The van der Waals surface area contributed by atoms with E-state index in [1.807, 2.05) is 0 Å². The van der Waals surface area contributed by atoms with Crippen LogP contribution in [0.3, 0.4) is 0 Å². The summed E-state index contributed by atoms with van der Waals surface area (Å²) in [6.07, 6.45) is 1.10. The lowest BCUT2D eigenvalue weighted by molar-refractivity contribution is -0.135. The maximum absolute atomic E-state index is 10.5. The molecule has 0 aromatic heterocycles. The molecule has 86 valence electrons. The van der Waals surface area contributed by atoms with Crippen LogP contribution in [0.1, 0.15) is 5.56 Å². The Hall–Kier alpha value is -2.17. The summed E-state index contributed by atoms with van der Waals surface area (Å²) in [5, 5.41) is 17.7. The van der Waals surface area contributed by atoms with Gasteiger partial charge in [0.1, 0.15) is 11.5 Å². The minimum Gasteiger partial charge on any atom is -0.502 e. The molecule has 0 amide bonds. The second-order valence-electron chi connectivity index (χ2n) is 2.94. The number of aliphatic carboxylic acids is 1. The highest BCUT2D eigenvalue weighted by Crippen LogP contribution is 2.25. The molecule has 1 aromatic rings. The first-order valence-electron chi connectivity index (χ1n) is 4.44. The van der Waals surface area contributed by atoms with Crippen molar-refractivity contribution in [3.05, 3.63) is 29.5 Å². The molecule has 1 rings (SSSR count). The number of ether oxygens (including phenoxy) is 2. The molecule has 0 aliphatic carbocycles. The lowest BCUT2D eigenvalue weighted by Crippen LogP contribution is -1.99. The Morgan fingerprint density at radius 1 is 1.25 bits per heavy atom. The van der Waals surface area contributed by atoms with Crippen LogP contribution in [0.15, 0.2) is 24.0 Å². The molecule has 16 heavy (non-hydrogen) atoms. The van der Waals surface area contributed by atoms with Crippen LogP contribution in [0.25, 0.3) is 6.08 Å². The lowest BCUT2D eigenvalue weighted by atomic mass is 10.1. The highest BCUT2D eigenvalue weighted by atomic mass is 16.5. The minimum absolute atomic E-state index is 0.432. The number of methoxy groups -OCH3 is 2. The predicted octanol–water partition coefficient (Wildman–Crippen LogP) is 1.69. The molecular weight excluding hydrogens is 212 g/mol. The molecule has 0 radical (unpaired) electrons. The summed E-state index contributed by atoms with van der Waals surface area (Å²) in [6.45, 7) is 0. The molecular formula is C11H12O5. The Labute approximate surface area is 92.5 Å². The van der Waals surface area contributed by atoms with Gasteiger partial charge in [0.05, 0.1) is 14.2 Å². The molecule has 0 atom stereocenters. The minimum atomic E-state index is -1.40. The number of carboxylic acid groups (broad SMARTS) is 1. The highest BCUT2D eigenvalue weighted by Gasteiger charge is 2.08. The second-order valence-corrected chi connectivity index (χ2v) is 2.94. The Morgan fingerprint density at radius 2 is 1.94 bits per heavy atom. The van der Waals surface area contributed by atoms with E-state index >= 15 is 0 Å². The van der Waals surface area contributed by atoms with Gasteiger partial charge in [-0.1, -0.05) is 0 Å². The third-order valence-corrected chi connectivity index (χ3v) is 1.95. The molecule has 0 unspecified atom stereocenters. The fourth-order valence-electron chi connectivity index (χ4n) is 1.16. The second kappa shape index (κ2) is 5.06. The van der Waals surface area contributed by atoms with Gasteiger partial charge in [-0.25, -0.2) is 4.79 Å². The van der Waals surface area contributed by atoms with Gasteiger partial charge in [0.15, 0.2) is 0 Å². The van der Waals surface area contributed by atoms with Gasteiger partial charge in [-0.3, -0.25) is 0 Å². The molecule has 0 heterocycles. The zero-order chi connectivity index (χ0) is 12.1. The van der Waals surface area contributed by atoms with Crippen LogP contribution in [-0.4, -0.2) is 30.4 Å². The summed E-state index contributed by atoms with van der Waals surface area (Å²) in [7, 11) is 2.95. The first-order valence-corrected chi connectivity index (χ1v) is 4.44. The first-order chi connectivity index (χ1) is 7.58. The summed E-state index contributed by atoms with van der Waals surface area (Å²) in [5.74, 6) is -1.16. The monoisotopic (exact) mass is 224 g/mol. The summed E-state index contributed by atoms with van der Waals surface area (Å²) < 4.78 is 10.0. The van der Waals surface area contributed by atoms with Crippen LogP contribution < -0.4 is 9.47 Å². The Kier molecular flexibility index (Phi) is 3.77. The van der Waals surface area contributed by atoms with Gasteiger partial charge in [0.25, 0.3) is 0 Å². The van der Waals surface area contributed by atoms with E-state index in [0.29, 0.717) is 17.1 Å². The van der Waals surface area contributed by atoms with Crippen LogP contribution in [0.4, 0.5) is 0 Å². The van der Waals surface area contributed by atoms with Crippen LogP contribution in [0, 0.1) is 0 Å². The van der Waals surface area contributed by atoms with Gasteiger partial charge in [-0.15, -0.1) is 0 Å². The normalized spacial score (nSPS) is 11.0. The Morgan fingerprint density at radius 3 is 2.44 bits per heavy atom. The summed E-state index contributed by atoms with van der Waals surface area (Å²) >= 11 is 0. The van der Waals surface area contributed by atoms with Crippen molar-refractivity contribution in [3.63, 3.8) is 0 Å². The van der Waals surface area contributed by atoms with E-state index in [4.69, 9.17) is 19.7 Å². The summed E-state index contributed by atoms with van der Waals surface area (Å²) in [4.78, 5) is 10.5. The lowest BCUT2D eigenvalue weighted by Gasteiger charge is -2.07. The quantitative estimate of drug-likeness (QED) is 0.601. The summed E-state index contributed by atoms with van der Waals surface area (Å²) in [6, 6.07) is 4.87. The average Bonchev–Trinajstić information content (AvgIpc) is 2.28. The molecule has 0 aliphatic rings. The number of hydrogen-bond donors (Lipinski definition) is 2. The van der Waals surface area contributed by atoms with E-state index in [0.717, 1.165) is 6.08 Å². The molecule has 5 heteroatoms. The Bertz CT molecular complexity index is 422. The third-order valence-electron chi connectivity index (χ3n) is 1.95. The van der Waals surface area contributed by atoms with Gasteiger partial charge in [0, 0.05) is 5.56 Å². The van der Waals surface area contributed by atoms with Crippen molar-refractivity contribution in [1.82, 2.24) is 0 Å². The third kappa shape index (κ3) is 2.66. The fourth-order valence-corrected chi connectivity index (χ4v) is 1.16. The average molecular weight is 224 g/mol. The van der Waals surface area contributed by atoms with E-state index in [2.05, 4.69) is 0 Å². The number of aliphatic hydroxyl groups excluding tert-OH is 1. The van der Waals surface area contributed by atoms with E-state index in [9.17, 15) is 4.79 Å². The molecule has 0 fully saturated rings. The number of hydrogen-bond acceptors (Lipinski definition) is 4. The largest absolute Gasteiger partial charge is 0.502 e. The zero-order valence-electron chi connectivity index (χ0n) is 8.93. The maximum Gasteiger partial charge on any atom is 0.370 e. The standard InChI is InChI=1S/C11H12O5/c1-15-8-3-4-10(16-2)7(5-8)6-9(12)11(13)14/h3-6,12H,1-2H3,(H,13,14)/b9-6-. The molecule has 0 bridgehead atoms. The highest BCUT2D eigenvalue weighted by molar-refractivity contribution is 5.89. The predicted molar refractivity (Wildman–Crippen MR) is 57.8 cm³/mol. The number of carboxylic acids is 1. The Balaban J connectivity index is 3.19. The number of benzene rings is 1. The molecule has 1 aromatic carbocycles. The number of rotatable bonds is 4. The molecule has 0 spiro atoms. The van der Waals surface area contributed by atoms with Crippen LogP contribution in [0.5, 0.6) is 11.5 Å². The van der Waals surface area contributed by atoms with Crippen LogP contribution in [0.2, 0.25) is 0 Å². The van der Waals surface area contributed by atoms with Gasteiger partial charge in [-0.2, -0.15) is 0 Å². The van der Waals surface area contributed by atoms with Crippen molar-refractivity contribution in [2.45, 2.75) is 0 Å². The zero-order valence-corrected chi connectivity index (χ0v) is 8.93. The molecule has 0 saturated heterocycles. The molecule has 5 nitrogen and oxygen atoms in total. The van der Waals surface area contributed by atoms with Crippen molar-refractivity contribution in [2.75, 3.05) is 14.2 Å². The number of aliphatic hydroxyl groups is 1. The first kappa shape index (κ1) is 11.9. The summed E-state index contributed by atoms with van der Waals surface area (Å²) in [5.41, 5.74) is 0.432. The van der Waals surface area contributed by atoms with Crippen molar-refractivity contribution < 1.29 is 24.5 Å². The van der Waals surface area contributed by atoms with E-state index < -0.39 is 11.7 Å². The smallest absolute Gasteiger partial charge is 0.370 e. The van der Waals surface area contributed by atoms with Gasteiger partial charge < -0.3 is 19.7 Å². The van der Waals surface area contributed by atoms with E-state index in [-0.39, 0.29) is 0 Å². The SMILES string of the molecule is COc1ccc(OC)c(/C=C(\O)C(=O)O)c1. The van der Waals surface area contributed by atoms with Crippen LogP contribution in [-0.2, 0) is 4.79 Å². The van der Waals surface area contributed by atoms with Crippen LogP contribution >= 0.6 is 0 Å². The van der Waals surface area contributed by atoms with Crippen molar-refractivity contribution in [1.29, 1.82) is 0 Å². The molecule has 0 aliphatic heterocycles. The van der Waals surface area contributed by atoms with Crippen molar-refractivity contribution >= 4 is 12.0 Å². The fraction of sp³-hybridized carbons (Fsp3) is 0.182. The van der Waals surface area contributed by atoms with Gasteiger partial charge in [0.2, 0.25) is 5.76 Å². The van der Waals surface area contributed by atoms with Crippen molar-refractivity contribution in [2.24, 2.45) is 0 Å². The van der Waals surface area contributed by atoms with Gasteiger partial charge >= 0.3 is 5.97 Å².